The third kappa shape index (κ3) is 3.09. The van der Waals surface area contributed by atoms with Crippen LogP contribution in [0.2, 0.25) is 0 Å². The van der Waals surface area contributed by atoms with Crippen molar-refractivity contribution in [2.24, 2.45) is 5.92 Å². The largest absolute Gasteiger partial charge is 0.342 e. The summed E-state index contributed by atoms with van der Waals surface area (Å²) >= 11 is 1.73. The number of nitrogens with zero attached hydrogens (tertiary/aromatic N) is 3. The second kappa shape index (κ2) is 6.65. The van der Waals surface area contributed by atoms with E-state index in [2.05, 4.69) is 22.1 Å². The molecule has 0 radical (unpaired) electrons. The number of hydrogen-bond donors (Lipinski definition) is 0. The zero-order chi connectivity index (χ0) is 15.5. The number of aromatic nitrogens is 2. The number of carbonyl (C=O) groups is 1. The van der Waals surface area contributed by atoms with Crippen LogP contribution in [0.15, 0.2) is 30.5 Å². The first-order valence-electron chi connectivity index (χ1n) is 7.68. The summed E-state index contributed by atoms with van der Waals surface area (Å²) in [6, 6.07) is 8.10. The van der Waals surface area contributed by atoms with Gasteiger partial charge in [0, 0.05) is 48.0 Å². The van der Waals surface area contributed by atoms with Crippen molar-refractivity contribution in [2.75, 3.05) is 25.1 Å². The molecule has 116 valence electrons. The lowest BCUT2D eigenvalue weighted by Crippen LogP contribution is -2.34. The molecule has 1 saturated heterocycles. The van der Waals surface area contributed by atoms with Gasteiger partial charge in [-0.15, -0.1) is 0 Å². The molecule has 1 aliphatic rings. The molecule has 5 heteroatoms. The number of pyridine rings is 2. The Morgan fingerprint density at radius 3 is 3.14 bits per heavy atom. The van der Waals surface area contributed by atoms with Crippen LogP contribution in [0.25, 0.3) is 11.0 Å². The van der Waals surface area contributed by atoms with Gasteiger partial charge in [0.1, 0.15) is 0 Å². The molecule has 1 amide bonds. The highest BCUT2D eigenvalue weighted by Crippen LogP contribution is 2.28. The van der Waals surface area contributed by atoms with Crippen LogP contribution in [0.3, 0.4) is 0 Å². The Labute approximate surface area is 135 Å². The smallest absolute Gasteiger partial charge is 0.226 e. The zero-order valence-corrected chi connectivity index (χ0v) is 13.8. The third-order valence-electron chi connectivity index (χ3n) is 4.24. The molecule has 4 nitrogen and oxygen atoms in total. The third-order valence-corrected chi connectivity index (χ3v) is 5.08. The minimum absolute atomic E-state index is 0.0972. The maximum atomic E-state index is 12.4. The summed E-state index contributed by atoms with van der Waals surface area (Å²) in [6.07, 6.45) is 4.80. The van der Waals surface area contributed by atoms with Gasteiger partial charge in [-0.25, -0.2) is 9.97 Å². The minimum atomic E-state index is 0.0972. The molecular formula is C17H21N3OS. The van der Waals surface area contributed by atoms with Crippen molar-refractivity contribution in [3.8, 4) is 0 Å². The summed E-state index contributed by atoms with van der Waals surface area (Å²) in [5.74, 6) is 1.59. The lowest BCUT2D eigenvalue weighted by atomic mass is 10.0. The SMILES string of the molecule is CSCC(C)C(=O)N1CCC(c2ccc3cccnc3n2)C1. The fraction of sp³-hybridized carbons (Fsp3) is 0.471. The average Bonchev–Trinajstić information content (AvgIpc) is 3.04. The van der Waals surface area contributed by atoms with Crippen LogP contribution in [0, 0.1) is 5.92 Å². The van der Waals surface area contributed by atoms with Gasteiger partial charge in [-0.1, -0.05) is 6.92 Å². The predicted molar refractivity (Wildman–Crippen MR) is 91.0 cm³/mol. The second-order valence-electron chi connectivity index (χ2n) is 5.91. The molecule has 2 unspecified atom stereocenters. The van der Waals surface area contributed by atoms with Gasteiger partial charge in [-0.05, 0) is 36.9 Å². The molecule has 2 atom stereocenters. The minimum Gasteiger partial charge on any atom is -0.342 e. The molecule has 0 N–H and O–H groups in total. The predicted octanol–water partition coefficient (Wildman–Crippen LogP) is 2.94. The van der Waals surface area contributed by atoms with Gasteiger partial charge in [0.2, 0.25) is 5.91 Å². The summed E-state index contributed by atoms with van der Waals surface area (Å²) in [7, 11) is 0. The highest BCUT2D eigenvalue weighted by molar-refractivity contribution is 7.98. The number of thioether (sulfide) groups is 1. The Kier molecular flexibility index (Phi) is 4.62. The molecule has 0 bridgehead atoms. The standard InChI is InChI=1S/C17H21N3OS/c1-12(11-22-2)17(21)20-9-7-14(10-20)15-6-5-13-4-3-8-18-16(13)19-15/h3-6,8,12,14H,7,9-11H2,1-2H3. The van der Waals surface area contributed by atoms with E-state index in [1.807, 2.05) is 30.2 Å². The monoisotopic (exact) mass is 315 g/mol. The first kappa shape index (κ1) is 15.3. The van der Waals surface area contributed by atoms with Gasteiger partial charge in [0.15, 0.2) is 5.65 Å². The van der Waals surface area contributed by atoms with E-state index >= 15 is 0 Å². The summed E-state index contributed by atoms with van der Waals surface area (Å²) in [5.41, 5.74) is 1.85. The molecule has 0 saturated carbocycles. The van der Waals surface area contributed by atoms with Crippen molar-refractivity contribution in [3.63, 3.8) is 0 Å². The molecule has 2 aromatic heterocycles. The van der Waals surface area contributed by atoms with Gasteiger partial charge in [-0.2, -0.15) is 11.8 Å². The zero-order valence-electron chi connectivity index (χ0n) is 13.0. The van der Waals surface area contributed by atoms with E-state index in [1.165, 1.54) is 0 Å². The Balaban J connectivity index is 1.72. The van der Waals surface area contributed by atoms with Crippen LogP contribution in [0.4, 0.5) is 0 Å². The van der Waals surface area contributed by atoms with Gasteiger partial charge in [0.05, 0.1) is 0 Å². The Morgan fingerprint density at radius 1 is 1.45 bits per heavy atom. The molecule has 1 fully saturated rings. The molecule has 3 heterocycles. The fourth-order valence-electron chi connectivity index (χ4n) is 3.03. The Hall–Kier alpha value is -1.62. The van der Waals surface area contributed by atoms with Crippen LogP contribution >= 0.6 is 11.8 Å². The van der Waals surface area contributed by atoms with Gasteiger partial charge < -0.3 is 4.90 Å². The van der Waals surface area contributed by atoms with E-state index < -0.39 is 0 Å². The molecule has 0 spiro atoms. The average molecular weight is 315 g/mol. The van der Waals surface area contributed by atoms with Crippen molar-refractivity contribution < 1.29 is 4.79 Å². The van der Waals surface area contributed by atoms with Crippen LogP contribution in [0.5, 0.6) is 0 Å². The highest BCUT2D eigenvalue weighted by atomic mass is 32.2. The maximum absolute atomic E-state index is 12.4. The van der Waals surface area contributed by atoms with E-state index in [0.717, 1.165) is 42.0 Å². The summed E-state index contributed by atoms with van der Waals surface area (Å²) in [5, 5.41) is 1.06. The van der Waals surface area contributed by atoms with Crippen LogP contribution in [-0.2, 0) is 4.79 Å². The van der Waals surface area contributed by atoms with Gasteiger partial charge in [0.25, 0.3) is 0 Å². The highest BCUT2D eigenvalue weighted by Gasteiger charge is 2.30. The van der Waals surface area contributed by atoms with Crippen molar-refractivity contribution in [2.45, 2.75) is 19.3 Å². The molecule has 2 aromatic rings. The van der Waals surface area contributed by atoms with Crippen LogP contribution in [-0.4, -0.2) is 45.9 Å². The number of carbonyl (C=O) groups excluding carboxylic acids is 1. The number of hydrogen-bond acceptors (Lipinski definition) is 4. The quantitative estimate of drug-likeness (QED) is 0.870. The van der Waals surface area contributed by atoms with Crippen LogP contribution in [0.1, 0.15) is 25.0 Å². The van der Waals surface area contributed by atoms with E-state index in [4.69, 9.17) is 0 Å². The topological polar surface area (TPSA) is 46.1 Å². The van der Waals surface area contributed by atoms with E-state index in [0.29, 0.717) is 5.92 Å². The second-order valence-corrected chi connectivity index (χ2v) is 6.82. The maximum Gasteiger partial charge on any atom is 0.226 e. The first-order chi connectivity index (χ1) is 10.7. The molecule has 0 aliphatic carbocycles. The van der Waals surface area contributed by atoms with Crippen molar-refractivity contribution in [1.29, 1.82) is 0 Å². The van der Waals surface area contributed by atoms with Gasteiger partial charge in [-0.3, -0.25) is 4.79 Å². The molecule has 22 heavy (non-hydrogen) atoms. The summed E-state index contributed by atoms with van der Waals surface area (Å²) in [4.78, 5) is 23.4. The van der Waals surface area contributed by atoms with E-state index in [9.17, 15) is 4.79 Å². The molecular weight excluding hydrogens is 294 g/mol. The Morgan fingerprint density at radius 2 is 2.32 bits per heavy atom. The molecule has 1 aliphatic heterocycles. The van der Waals surface area contributed by atoms with E-state index in [1.54, 1.807) is 18.0 Å². The fourth-order valence-corrected chi connectivity index (χ4v) is 3.67. The normalized spacial score (nSPS) is 19.5. The number of likely N-dealkylation sites (tertiary alicyclic amines) is 1. The lowest BCUT2D eigenvalue weighted by Gasteiger charge is -2.20. The number of rotatable bonds is 4. The van der Waals surface area contributed by atoms with Crippen molar-refractivity contribution >= 4 is 28.7 Å². The summed E-state index contributed by atoms with van der Waals surface area (Å²) < 4.78 is 0. The van der Waals surface area contributed by atoms with Crippen molar-refractivity contribution in [3.05, 3.63) is 36.2 Å². The number of amides is 1. The molecule has 0 aromatic carbocycles. The van der Waals surface area contributed by atoms with Crippen LogP contribution < -0.4 is 0 Å². The number of fused-ring (bicyclic) bond motifs is 1. The first-order valence-corrected chi connectivity index (χ1v) is 9.08. The van der Waals surface area contributed by atoms with Crippen molar-refractivity contribution in [1.82, 2.24) is 14.9 Å². The molecule has 3 rings (SSSR count). The lowest BCUT2D eigenvalue weighted by molar-refractivity contribution is -0.133. The summed E-state index contributed by atoms with van der Waals surface area (Å²) in [6.45, 7) is 3.64. The van der Waals surface area contributed by atoms with E-state index in [-0.39, 0.29) is 11.8 Å². The van der Waals surface area contributed by atoms with Gasteiger partial charge >= 0.3 is 0 Å². The Bertz CT molecular complexity index is 676.